The molecule has 2 aromatic rings. The van der Waals surface area contributed by atoms with Gasteiger partial charge in [0.25, 0.3) is 5.91 Å². The molecule has 1 aromatic carbocycles. The van der Waals surface area contributed by atoms with Crippen LogP contribution in [0, 0.1) is 11.6 Å². The number of benzene rings is 1. The lowest BCUT2D eigenvalue weighted by Gasteiger charge is -2.40. The van der Waals surface area contributed by atoms with Crippen LogP contribution in [0.2, 0.25) is 0 Å². The highest BCUT2D eigenvalue weighted by molar-refractivity contribution is 5.92. The Hall–Kier alpha value is -2.81. The van der Waals surface area contributed by atoms with Gasteiger partial charge in [-0.3, -0.25) is 9.59 Å². The second-order valence-electron chi connectivity index (χ2n) is 8.03. The summed E-state index contributed by atoms with van der Waals surface area (Å²) in [6.45, 7) is 3.33. The number of aromatic nitrogens is 2. The average Bonchev–Trinajstić information content (AvgIpc) is 2.81. The molecule has 4 rings (SSSR count). The van der Waals surface area contributed by atoms with Crippen LogP contribution in [0.1, 0.15) is 42.6 Å². The van der Waals surface area contributed by atoms with Gasteiger partial charge in [0, 0.05) is 25.2 Å². The number of methoxy groups -OCH3 is 1. The van der Waals surface area contributed by atoms with Crippen LogP contribution in [-0.2, 0) is 0 Å². The zero-order valence-electron chi connectivity index (χ0n) is 17.5. The third kappa shape index (κ3) is 4.46. The van der Waals surface area contributed by atoms with Crippen molar-refractivity contribution in [2.24, 2.45) is 0 Å². The van der Waals surface area contributed by atoms with Crippen molar-refractivity contribution in [2.45, 2.75) is 38.1 Å². The van der Waals surface area contributed by atoms with Gasteiger partial charge < -0.3 is 14.5 Å². The van der Waals surface area contributed by atoms with Gasteiger partial charge in [0.15, 0.2) is 17.3 Å². The smallest absolute Gasteiger partial charge is 0.278 e. The van der Waals surface area contributed by atoms with Crippen LogP contribution in [0.4, 0.5) is 8.78 Å². The van der Waals surface area contributed by atoms with Crippen molar-refractivity contribution in [2.75, 3.05) is 33.3 Å². The van der Waals surface area contributed by atoms with Gasteiger partial charge in [-0.05, 0) is 50.9 Å². The van der Waals surface area contributed by atoms with Gasteiger partial charge in [-0.1, -0.05) is 6.42 Å². The number of likely N-dealkylation sites (tertiary alicyclic amines) is 2. The van der Waals surface area contributed by atoms with E-state index in [1.807, 2.05) is 0 Å². The van der Waals surface area contributed by atoms with Gasteiger partial charge in [-0.2, -0.15) is 5.10 Å². The van der Waals surface area contributed by atoms with Crippen LogP contribution in [0.5, 0.6) is 5.88 Å². The predicted molar refractivity (Wildman–Crippen MR) is 111 cm³/mol. The van der Waals surface area contributed by atoms with E-state index in [2.05, 4.69) is 10.00 Å². The maximum atomic E-state index is 13.7. The zero-order valence-corrected chi connectivity index (χ0v) is 17.5. The third-order valence-electron chi connectivity index (χ3n) is 6.11. The summed E-state index contributed by atoms with van der Waals surface area (Å²) in [4.78, 5) is 29.8. The van der Waals surface area contributed by atoms with Crippen LogP contribution < -0.4 is 10.2 Å². The molecule has 0 atom stereocenters. The molecule has 1 amide bonds. The Morgan fingerprint density at radius 1 is 1.03 bits per heavy atom. The fourth-order valence-corrected chi connectivity index (χ4v) is 4.40. The molecule has 0 saturated carbocycles. The number of nitrogens with zero attached hydrogens (tertiary/aromatic N) is 4. The Kier molecular flexibility index (Phi) is 6.31. The van der Waals surface area contributed by atoms with Crippen molar-refractivity contribution < 1.29 is 18.3 Å². The number of piperidine rings is 2. The molecule has 0 N–H and O–H groups in total. The quantitative estimate of drug-likeness (QED) is 0.743. The lowest BCUT2D eigenvalue weighted by Crippen LogP contribution is -2.49. The fraction of sp³-hybridized carbons (Fsp3) is 0.500. The monoisotopic (exact) mass is 432 g/mol. The van der Waals surface area contributed by atoms with E-state index in [4.69, 9.17) is 4.74 Å². The Bertz CT molecular complexity index is 1010. The normalized spacial score (nSPS) is 18.2. The zero-order chi connectivity index (χ0) is 22.0. The van der Waals surface area contributed by atoms with E-state index in [0.717, 1.165) is 48.8 Å². The maximum absolute atomic E-state index is 13.7. The number of carbonyl (C=O) groups excluding carboxylic acids is 1. The van der Waals surface area contributed by atoms with Gasteiger partial charge in [0.2, 0.25) is 11.3 Å². The molecule has 31 heavy (non-hydrogen) atoms. The van der Waals surface area contributed by atoms with Gasteiger partial charge >= 0.3 is 0 Å². The molecule has 7 nitrogen and oxygen atoms in total. The molecule has 2 aliphatic heterocycles. The largest absolute Gasteiger partial charge is 0.481 e. The first-order valence-corrected chi connectivity index (χ1v) is 10.6. The van der Waals surface area contributed by atoms with Crippen molar-refractivity contribution >= 4 is 5.91 Å². The Morgan fingerprint density at radius 2 is 1.74 bits per heavy atom. The molecule has 0 aliphatic carbocycles. The van der Waals surface area contributed by atoms with E-state index >= 15 is 0 Å². The minimum Gasteiger partial charge on any atom is -0.481 e. The standard InChI is InChI=1S/C22H26F2N4O3/c1-31-20-14-19(29)21(25-28(20)16-5-6-17(23)18(24)13-16)22(30)27-11-7-15(8-12-27)26-9-3-2-4-10-26/h5-6,13-15H,2-4,7-12H2,1H3. The number of carbonyl (C=O) groups is 1. The molecule has 2 aliphatic rings. The van der Waals surface area contributed by atoms with E-state index in [1.54, 1.807) is 4.90 Å². The van der Waals surface area contributed by atoms with Crippen molar-refractivity contribution in [1.82, 2.24) is 19.6 Å². The molecule has 0 unspecified atom stereocenters. The molecule has 1 aromatic heterocycles. The van der Waals surface area contributed by atoms with Crippen molar-refractivity contribution in [3.8, 4) is 11.6 Å². The van der Waals surface area contributed by atoms with E-state index < -0.39 is 23.0 Å². The fourth-order valence-electron chi connectivity index (χ4n) is 4.40. The lowest BCUT2D eigenvalue weighted by molar-refractivity contribution is 0.0581. The van der Waals surface area contributed by atoms with E-state index in [-0.39, 0.29) is 17.3 Å². The summed E-state index contributed by atoms with van der Waals surface area (Å²) in [6, 6.07) is 4.80. The average molecular weight is 432 g/mol. The summed E-state index contributed by atoms with van der Waals surface area (Å²) >= 11 is 0. The van der Waals surface area contributed by atoms with Crippen molar-refractivity contribution in [1.29, 1.82) is 0 Å². The first-order chi connectivity index (χ1) is 15.0. The molecule has 2 fully saturated rings. The van der Waals surface area contributed by atoms with Crippen LogP contribution in [0.25, 0.3) is 5.69 Å². The number of hydrogen-bond acceptors (Lipinski definition) is 5. The third-order valence-corrected chi connectivity index (χ3v) is 6.11. The molecular formula is C22H26F2N4O3. The Morgan fingerprint density at radius 3 is 2.39 bits per heavy atom. The summed E-state index contributed by atoms with van der Waals surface area (Å²) in [5.41, 5.74) is -0.686. The first-order valence-electron chi connectivity index (χ1n) is 10.6. The molecule has 0 radical (unpaired) electrons. The molecule has 2 saturated heterocycles. The Balaban J connectivity index is 1.55. The van der Waals surface area contributed by atoms with Gasteiger partial charge in [-0.15, -0.1) is 0 Å². The van der Waals surface area contributed by atoms with Crippen LogP contribution in [0.15, 0.2) is 29.1 Å². The highest BCUT2D eigenvalue weighted by atomic mass is 19.2. The maximum Gasteiger partial charge on any atom is 0.278 e. The van der Waals surface area contributed by atoms with Crippen molar-refractivity contribution in [3.63, 3.8) is 0 Å². The van der Waals surface area contributed by atoms with E-state index in [0.29, 0.717) is 19.1 Å². The minimum atomic E-state index is -1.06. The number of amides is 1. The minimum absolute atomic E-state index is 0.0244. The summed E-state index contributed by atoms with van der Waals surface area (Å²) < 4.78 is 33.4. The second-order valence-corrected chi connectivity index (χ2v) is 8.03. The summed E-state index contributed by atoms with van der Waals surface area (Å²) in [6.07, 6.45) is 5.44. The highest BCUT2D eigenvalue weighted by Gasteiger charge is 2.30. The number of rotatable bonds is 4. The predicted octanol–water partition coefficient (Wildman–Crippen LogP) is 2.61. The molecular weight excluding hydrogens is 406 g/mol. The number of halogens is 2. The molecule has 166 valence electrons. The topological polar surface area (TPSA) is 67.7 Å². The summed E-state index contributed by atoms with van der Waals surface area (Å²) in [7, 11) is 1.33. The van der Waals surface area contributed by atoms with Gasteiger partial charge in [-0.25, -0.2) is 13.5 Å². The van der Waals surface area contributed by atoms with Gasteiger partial charge in [0.1, 0.15) is 0 Å². The van der Waals surface area contributed by atoms with Crippen LogP contribution in [0.3, 0.4) is 0 Å². The van der Waals surface area contributed by atoms with Crippen LogP contribution >= 0.6 is 0 Å². The van der Waals surface area contributed by atoms with Crippen LogP contribution in [-0.4, -0.2) is 64.8 Å². The lowest BCUT2D eigenvalue weighted by atomic mass is 9.99. The second kappa shape index (κ2) is 9.13. The highest BCUT2D eigenvalue weighted by Crippen LogP contribution is 2.22. The first kappa shape index (κ1) is 21.4. The molecule has 0 bridgehead atoms. The SMILES string of the molecule is COc1cc(=O)c(C(=O)N2CCC(N3CCCCC3)CC2)nn1-c1ccc(F)c(F)c1. The molecule has 9 heteroatoms. The molecule has 0 spiro atoms. The van der Waals surface area contributed by atoms with Gasteiger partial charge in [0.05, 0.1) is 18.9 Å². The number of ether oxygens (including phenoxy) is 1. The van der Waals surface area contributed by atoms with Crippen molar-refractivity contribution in [3.05, 3.63) is 51.8 Å². The Labute approximate surface area is 179 Å². The van der Waals surface area contributed by atoms with E-state index in [9.17, 15) is 18.4 Å². The summed E-state index contributed by atoms with van der Waals surface area (Å²) in [5, 5.41) is 4.16. The number of hydrogen-bond donors (Lipinski definition) is 0. The molecule has 3 heterocycles. The summed E-state index contributed by atoms with van der Waals surface area (Å²) in [5.74, 6) is -2.50. The van der Waals surface area contributed by atoms with E-state index in [1.165, 1.54) is 32.4 Å².